The molecule has 0 aromatic heterocycles. The van der Waals surface area contributed by atoms with Crippen LogP contribution in [0, 0.1) is 5.92 Å². The second kappa shape index (κ2) is 3.62. The fraction of sp³-hybridized carbons (Fsp3) is 0.500. The van der Waals surface area contributed by atoms with E-state index >= 15 is 0 Å². The second-order valence-electron chi connectivity index (χ2n) is 4.27. The highest BCUT2D eigenvalue weighted by atomic mass is 16.3. The summed E-state index contributed by atoms with van der Waals surface area (Å²) in [5.41, 5.74) is 2.60. The summed E-state index contributed by atoms with van der Waals surface area (Å²) in [6, 6.07) is 8.63. The molecule has 2 heteroatoms. The van der Waals surface area contributed by atoms with Crippen molar-refractivity contribution in [1.29, 1.82) is 0 Å². The van der Waals surface area contributed by atoms with Gasteiger partial charge in [-0.2, -0.15) is 0 Å². The fourth-order valence-electron chi connectivity index (χ4n) is 1.88. The molecule has 1 aliphatic carbocycles. The van der Waals surface area contributed by atoms with Gasteiger partial charge in [-0.3, -0.25) is 0 Å². The quantitative estimate of drug-likeness (QED) is 0.788. The number of rotatable bonds is 3. The van der Waals surface area contributed by atoms with E-state index in [1.807, 2.05) is 14.1 Å². The Hall–Kier alpha value is -1.02. The summed E-state index contributed by atoms with van der Waals surface area (Å²) in [6.45, 7) is 0.333. The van der Waals surface area contributed by atoms with Gasteiger partial charge in [-0.1, -0.05) is 12.1 Å². The van der Waals surface area contributed by atoms with E-state index in [1.54, 1.807) is 0 Å². The fourth-order valence-corrected chi connectivity index (χ4v) is 1.88. The first-order valence-corrected chi connectivity index (χ1v) is 5.10. The van der Waals surface area contributed by atoms with Gasteiger partial charge in [0, 0.05) is 26.4 Å². The molecule has 1 aliphatic rings. The summed E-state index contributed by atoms with van der Waals surface area (Å²) >= 11 is 0. The van der Waals surface area contributed by atoms with Crippen molar-refractivity contribution in [2.24, 2.45) is 5.92 Å². The smallest absolute Gasteiger partial charge is 0.0465 e. The third-order valence-corrected chi connectivity index (χ3v) is 2.99. The average molecular weight is 191 g/mol. The van der Waals surface area contributed by atoms with Crippen LogP contribution in [-0.2, 0) is 0 Å². The summed E-state index contributed by atoms with van der Waals surface area (Å²) in [7, 11) is 4.09. The number of aliphatic hydroxyl groups excluding tert-OH is 1. The lowest BCUT2D eigenvalue weighted by Gasteiger charge is -2.12. The lowest BCUT2D eigenvalue weighted by atomic mass is 10.1. The van der Waals surface area contributed by atoms with Crippen LogP contribution in [-0.4, -0.2) is 25.8 Å². The molecule has 0 amide bonds. The maximum absolute atomic E-state index is 8.97. The topological polar surface area (TPSA) is 23.5 Å². The zero-order chi connectivity index (χ0) is 10.1. The summed E-state index contributed by atoms with van der Waals surface area (Å²) in [5.74, 6) is 1.12. The van der Waals surface area contributed by atoms with Gasteiger partial charge >= 0.3 is 0 Å². The number of hydrogen-bond acceptors (Lipinski definition) is 2. The van der Waals surface area contributed by atoms with Crippen molar-refractivity contribution in [3.8, 4) is 0 Å². The second-order valence-corrected chi connectivity index (χ2v) is 4.27. The van der Waals surface area contributed by atoms with Crippen LogP contribution in [0.15, 0.2) is 24.3 Å². The largest absolute Gasteiger partial charge is 0.396 e. The summed E-state index contributed by atoms with van der Waals surface area (Å²) in [6.07, 6.45) is 1.15. The van der Waals surface area contributed by atoms with E-state index in [0.29, 0.717) is 18.4 Å². The van der Waals surface area contributed by atoms with E-state index in [9.17, 15) is 0 Å². The molecule has 1 aromatic rings. The normalized spacial score (nSPS) is 24.8. The molecule has 2 atom stereocenters. The molecule has 1 aromatic carbocycles. The predicted molar refractivity (Wildman–Crippen MR) is 58.7 cm³/mol. The number of hydrogen-bond donors (Lipinski definition) is 1. The van der Waals surface area contributed by atoms with Gasteiger partial charge in [-0.15, -0.1) is 0 Å². The molecular formula is C12H17NO. The van der Waals surface area contributed by atoms with Crippen LogP contribution in [0.25, 0.3) is 0 Å². The predicted octanol–water partition coefficient (Wildman–Crippen LogP) is 1.85. The lowest BCUT2D eigenvalue weighted by molar-refractivity contribution is 0.274. The van der Waals surface area contributed by atoms with Crippen LogP contribution >= 0.6 is 0 Å². The molecule has 0 bridgehead atoms. The SMILES string of the molecule is CN(C)c1ccc(C2CC2CO)cc1. The van der Waals surface area contributed by atoms with Crippen molar-refractivity contribution in [2.45, 2.75) is 12.3 Å². The summed E-state index contributed by atoms with van der Waals surface area (Å²) in [4.78, 5) is 2.10. The molecule has 1 N–H and O–H groups in total. The Balaban J connectivity index is 2.08. The third-order valence-electron chi connectivity index (χ3n) is 2.99. The summed E-state index contributed by atoms with van der Waals surface area (Å²) < 4.78 is 0. The van der Waals surface area contributed by atoms with Crippen LogP contribution in [0.3, 0.4) is 0 Å². The third kappa shape index (κ3) is 1.75. The van der Waals surface area contributed by atoms with Crippen molar-refractivity contribution in [1.82, 2.24) is 0 Å². The number of nitrogens with zero attached hydrogens (tertiary/aromatic N) is 1. The van der Waals surface area contributed by atoms with Crippen molar-refractivity contribution >= 4 is 5.69 Å². The van der Waals surface area contributed by atoms with Crippen molar-refractivity contribution < 1.29 is 5.11 Å². The van der Waals surface area contributed by atoms with Gasteiger partial charge in [-0.25, -0.2) is 0 Å². The van der Waals surface area contributed by atoms with Crippen LogP contribution < -0.4 is 4.90 Å². The molecule has 2 rings (SSSR count). The molecule has 2 nitrogen and oxygen atoms in total. The molecule has 2 unspecified atom stereocenters. The van der Waals surface area contributed by atoms with Crippen molar-refractivity contribution in [3.63, 3.8) is 0 Å². The Kier molecular flexibility index (Phi) is 2.46. The number of benzene rings is 1. The molecule has 0 saturated heterocycles. The first kappa shape index (κ1) is 9.53. The zero-order valence-electron chi connectivity index (χ0n) is 8.77. The maximum Gasteiger partial charge on any atom is 0.0465 e. The standard InChI is InChI=1S/C12H17NO/c1-13(2)11-5-3-9(4-6-11)12-7-10(12)8-14/h3-6,10,12,14H,7-8H2,1-2H3. The molecule has 0 heterocycles. The Morgan fingerprint density at radius 3 is 2.36 bits per heavy atom. The highest BCUT2D eigenvalue weighted by molar-refractivity contribution is 5.47. The van der Waals surface area contributed by atoms with Gasteiger partial charge in [0.05, 0.1) is 0 Å². The Labute approximate surface area is 85.2 Å². The molecule has 0 spiro atoms. The molecule has 1 fully saturated rings. The highest BCUT2D eigenvalue weighted by Gasteiger charge is 2.37. The van der Waals surface area contributed by atoms with E-state index in [2.05, 4.69) is 29.2 Å². The lowest BCUT2D eigenvalue weighted by Crippen LogP contribution is -2.08. The minimum Gasteiger partial charge on any atom is -0.396 e. The van der Waals surface area contributed by atoms with E-state index in [-0.39, 0.29) is 0 Å². The Morgan fingerprint density at radius 2 is 1.93 bits per heavy atom. The Bertz CT molecular complexity index is 305. The molecule has 14 heavy (non-hydrogen) atoms. The van der Waals surface area contributed by atoms with E-state index in [4.69, 9.17) is 5.11 Å². The molecular weight excluding hydrogens is 174 g/mol. The van der Waals surface area contributed by atoms with Gasteiger partial charge in [0.25, 0.3) is 0 Å². The van der Waals surface area contributed by atoms with Crippen molar-refractivity contribution in [2.75, 3.05) is 25.6 Å². The Morgan fingerprint density at radius 1 is 1.29 bits per heavy atom. The first-order valence-electron chi connectivity index (χ1n) is 5.10. The van der Waals surface area contributed by atoms with Crippen LogP contribution in [0.4, 0.5) is 5.69 Å². The van der Waals surface area contributed by atoms with Crippen LogP contribution in [0.2, 0.25) is 0 Å². The van der Waals surface area contributed by atoms with Crippen LogP contribution in [0.5, 0.6) is 0 Å². The van der Waals surface area contributed by atoms with Crippen molar-refractivity contribution in [3.05, 3.63) is 29.8 Å². The molecule has 76 valence electrons. The van der Waals surface area contributed by atoms with Gasteiger partial charge in [0.2, 0.25) is 0 Å². The maximum atomic E-state index is 8.97. The minimum atomic E-state index is 0.333. The number of anilines is 1. The number of aliphatic hydroxyl groups is 1. The van der Waals surface area contributed by atoms with Gasteiger partial charge in [0.1, 0.15) is 0 Å². The van der Waals surface area contributed by atoms with E-state index in [1.165, 1.54) is 11.3 Å². The monoisotopic (exact) mass is 191 g/mol. The first-order chi connectivity index (χ1) is 6.72. The zero-order valence-corrected chi connectivity index (χ0v) is 8.77. The average Bonchev–Trinajstić information content (AvgIpc) is 2.97. The van der Waals surface area contributed by atoms with Gasteiger partial charge in [-0.05, 0) is 36.0 Å². The van der Waals surface area contributed by atoms with E-state index in [0.717, 1.165) is 6.42 Å². The minimum absolute atomic E-state index is 0.333. The molecule has 0 aliphatic heterocycles. The highest BCUT2D eigenvalue weighted by Crippen LogP contribution is 2.47. The van der Waals surface area contributed by atoms with Gasteiger partial charge in [0.15, 0.2) is 0 Å². The van der Waals surface area contributed by atoms with Crippen LogP contribution in [0.1, 0.15) is 17.9 Å². The molecule has 1 saturated carbocycles. The van der Waals surface area contributed by atoms with E-state index < -0.39 is 0 Å². The van der Waals surface area contributed by atoms with Gasteiger partial charge < -0.3 is 10.0 Å². The molecule has 0 radical (unpaired) electrons. The summed E-state index contributed by atoms with van der Waals surface area (Å²) in [5, 5.41) is 8.97.